The van der Waals surface area contributed by atoms with Crippen LogP contribution in [0, 0.1) is 5.92 Å². The van der Waals surface area contributed by atoms with Crippen LogP contribution in [0.15, 0.2) is 30.3 Å². The fourth-order valence-electron chi connectivity index (χ4n) is 4.81. The van der Waals surface area contributed by atoms with Gasteiger partial charge in [0, 0.05) is 36.8 Å². The van der Waals surface area contributed by atoms with Gasteiger partial charge in [0.25, 0.3) is 5.91 Å². The number of anilines is 1. The van der Waals surface area contributed by atoms with Crippen molar-refractivity contribution >= 4 is 22.4 Å². The summed E-state index contributed by atoms with van der Waals surface area (Å²) in [7, 11) is 0. The number of morpholine rings is 1. The summed E-state index contributed by atoms with van der Waals surface area (Å²) in [6, 6.07) is 9.94. The molecule has 1 aromatic heterocycles. The maximum absolute atomic E-state index is 12.8. The molecule has 160 valence electrons. The third kappa shape index (κ3) is 4.04. The Balaban J connectivity index is 1.19. The molecule has 2 aromatic rings. The first-order chi connectivity index (χ1) is 14.7. The molecule has 4 aliphatic rings. The number of hydrogen-bond acceptors (Lipinski definition) is 7. The average Bonchev–Trinajstić information content (AvgIpc) is 3.26. The molecule has 7 nitrogen and oxygen atoms in total. The van der Waals surface area contributed by atoms with E-state index in [0.29, 0.717) is 29.2 Å². The SMILES string of the molecule is C[C@@H]1[C@H](NC(=O)c2ccc(Oc3cc(N4CCOCC4)sn3)cc2)C2CCN1CC2. The second-order valence-electron chi connectivity index (χ2n) is 8.34. The molecule has 2 atom stereocenters. The van der Waals surface area contributed by atoms with E-state index in [1.165, 1.54) is 24.4 Å². The zero-order valence-electron chi connectivity index (χ0n) is 17.3. The van der Waals surface area contributed by atoms with Gasteiger partial charge in [-0.1, -0.05) is 0 Å². The van der Waals surface area contributed by atoms with Crippen LogP contribution in [0.2, 0.25) is 0 Å². The number of ether oxygens (including phenoxy) is 2. The van der Waals surface area contributed by atoms with Crippen molar-refractivity contribution in [3.8, 4) is 11.6 Å². The van der Waals surface area contributed by atoms with Crippen LogP contribution in [0.4, 0.5) is 5.00 Å². The lowest BCUT2D eigenvalue weighted by atomic mass is 9.79. The van der Waals surface area contributed by atoms with Crippen molar-refractivity contribution in [3.63, 3.8) is 0 Å². The predicted octanol–water partition coefficient (Wildman–Crippen LogP) is 2.98. The van der Waals surface area contributed by atoms with Gasteiger partial charge in [-0.3, -0.25) is 9.69 Å². The van der Waals surface area contributed by atoms with Gasteiger partial charge in [0.05, 0.1) is 13.2 Å². The van der Waals surface area contributed by atoms with Crippen LogP contribution in [0.5, 0.6) is 11.6 Å². The van der Waals surface area contributed by atoms with Crippen molar-refractivity contribution < 1.29 is 14.3 Å². The lowest BCUT2D eigenvalue weighted by Gasteiger charge is -2.49. The Morgan fingerprint density at radius 2 is 1.90 bits per heavy atom. The first-order valence-corrected chi connectivity index (χ1v) is 11.6. The number of hydrogen-bond donors (Lipinski definition) is 1. The average molecular weight is 429 g/mol. The molecule has 4 aliphatic heterocycles. The van der Waals surface area contributed by atoms with E-state index in [1.807, 2.05) is 30.3 Å². The predicted molar refractivity (Wildman–Crippen MR) is 117 cm³/mol. The van der Waals surface area contributed by atoms with E-state index in [1.54, 1.807) is 0 Å². The minimum Gasteiger partial charge on any atom is -0.438 e. The Labute approximate surface area is 181 Å². The Morgan fingerprint density at radius 3 is 2.60 bits per heavy atom. The number of aromatic nitrogens is 1. The molecule has 8 heteroatoms. The van der Waals surface area contributed by atoms with Crippen LogP contribution in [-0.2, 0) is 4.74 Å². The van der Waals surface area contributed by atoms with Crippen LogP contribution in [0.1, 0.15) is 30.1 Å². The highest BCUT2D eigenvalue weighted by atomic mass is 32.1. The Kier molecular flexibility index (Phi) is 5.62. The second kappa shape index (κ2) is 8.53. The molecule has 0 saturated carbocycles. The van der Waals surface area contributed by atoms with Crippen LogP contribution in [0.25, 0.3) is 0 Å². The number of carbonyl (C=O) groups is 1. The van der Waals surface area contributed by atoms with Crippen molar-refractivity contribution in [1.82, 2.24) is 14.6 Å². The minimum atomic E-state index is -0.00425. The first kappa shape index (κ1) is 19.8. The summed E-state index contributed by atoms with van der Waals surface area (Å²) >= 11 is 1.44. The van der Waals surface area contributed by atoms with E-state index >= 15 is 0 Å². The van der Waals surface area contributed by atoms with Crippen LogP contribution < -0.4 is 15.0 Å². The summed E-state index contributed by atoms with van der Waals surface area (Å²) in [5.74, 6) is 1.86. The van der Waals surface area contributed by atoms with Gasteiger partial charge in [-0.15, -0.1) is 0 Å². The Hall–Kier alpha value is -2.16. The van der Waals surface area contributed by atoms with Crippen molar-refractivity contribution in [2.24, 2.45) is 5.92 Å². The molecular weight excluding hydrogens is 400 g/mol. The summed E-state index contributed by atoms with van der Waals surface area (Å²) in [6.45, 7) is 7.80. The molecule has 0 radical (unpaired) electrons. The van der Waals surface area contributed by atoms with Crippen LogP contribution in [-0.4, -0.2) is 66.7 Å². The zero-order chi connectivity index (χ0) is 20.5. The van der Waals surface area contributed by atoms with E-state index < -0.39 is 0 Å². The molecule has 4 saturated heterocycles. The number of benzene rings is 1. The number of nitrogens with one attached hydrogen (secondary N) is 1. The van der Waals surface area contributed by atoms with Crippen molar-refractivity contribution in [2.75, 3.05) is 44.3 Å². The molecule has 6 rings (SSSR count). The number of piperidine rings is 3. The number of amides is 1. The highest BCUT2D eigenvalue weighted by Gasteiger charge is 2.40. The van der Waals surface area contributed by atoms with Gasteiger partial charge in [-0.05, 0) is 74.6 Å². The van der Waals surface area contributed by atoms with E-state index in [9.17, 15) is 4.79 Å². The lowest BCUT2D eigenvalue weighted by Crippen LogP contribution is -2.62. The fourth-order valence-corrected chi connectivity index (χ4v) is 5.53. The van der Waals surface area contributed by atoms with Gasteiger partial charge in [0.15, 0.2) is 0 Å². The fraction of sp³-hybridized carbons (Fsp3) is 0.545. The lowest BCUT2D eigenvalue weighted by molar-refractivity contribution is 0.0217. The molecule has 5 heterocycles. The standard InChI is InChI=1S/C22H28N4O3S/c1-15-21(16-6-8-25(15)9-7-16)23-22(27)17-2-4-18(5-3-17)29-19-14-20(30-24-19)26-10-12-28-13-11-26/h2-5,14-16,21H,6-13H2,1H3,(H,23,27)/t15-,21+/m1/s1. The molecule has 0 aliphatic carbocycles. The molecule has 1 amide bonds. The zero-order valence-corrected chi connectivity index (χ0v) is 18.1. The monoisotopic (exact) mass is 428 g/mol. The summed E-state index contributed by atoms with van der Waals surface area (Å²) in [4.78, 5) is 17.5. The summed E-state index contributed by atoms with van der Waals surface area (Å²) < 4.78 is 15.7. The van der Waals surface area contributed by atoms with E-state index in [2.05, 4.69) is 26.4 Å². The minimum absolute atomic E-state index is 0.00425. The quantitative estimate of drug-likeness (QED) is 0.790. The number of nitrogens with zero attached hydrogens (tertiary/aromatic N) is 3. The van der Waals surface area contributed by atoms with Gasteiger partial charge in [0.1, 0.15) is 10.8 Å². The largest absolute Gasteiger partial charge is 0.438 e. The van der Waals surface area contributed by atoms with E-state index in [0.717, 1.165) is 44.4 Å². The molecule has 0 unspecified atom stereocenters. The van der Waals surface area contributed by atoms with Crippen LogP contribution in [0.3, 0.4) is 0 Å². The van der Waals surface area contributed by atoms with E-state index in [-0.39, 0.29) is 11.9 Å². The highest BCUT2D eigenvalue weighted by Crippen LogP contribution is 2.33. The molecular formula is C22H28N4O3S. The maximum Gasteiger partial charge on any atom is 0.251 e. The van der Waals surface area contributed by atoms with Crippen LogP contribution >= 0.6 is 11.5 Å². The third-order valence-corrected chi connectivity index (χ3v) is 7.45. The second-order valence-corrected chi connectivity index (χ2v) is 9.13. The van der Waals surface area contributed by atoms with E-state index in [4.69, 9.17) is 9.47 Å². The maximum atomic E-state index is 12.8. The normalized spacial score (nSPS) is 28.4. The highest BCUT2D eigenvalue weighted by molar-refractivity contribution is 7.10. The number of carbonyl (C=O) groups excluding carboxylic acids is 1. The molecule has 2 bridgehead atoms. The van der Waals surface area contributed by atoms with Gasteiger partial charge in [-0.25, -0.2) is 0 Å². The smallest absolute Gasteiger partial charge is 0.251 e. The van der Waals surface area contributed by atoms with Gasteiger partial charge < -0.3 is 19.7 Å². The van der Waals surface area contributed by atoms with Gasteiger partial charge >= 0.3 is 0 Å². The van der Waals surface area contributed by atoms with Gasteiger partial charge in [0.2, 0.25) is 5.88 Å². The first-order valence-electron chi connectivity index (χ1n) is 10.8. The number of fused-ring (bicyclic) bond motifs is 3. The van der Waals surface area contributed by atoms with Gasteiger partial charge in [-0.2, -0.15) is 4.37 Å². The Morgan fingerprint density at radius 1 is 1.17 bits per heavy atom. The Bertz CT molecular complexity index is 871. The molecule has 0 spiro atoms. The summed E-state index contributed by atoms with van der Waals surface area (Å²) in [5, 5.41) is 4.37. The summed E-state index contributed by atoms with van der Waals surface area (Å²) in [5.41, 5.74) is 0.665. The molecule has 30 heavy (non-hydrogen) atoms. The summed E-state index contributed by atoms with van der Waals surface area (Å²) in [6.07, 6.45) is 2.37. The van der Waals surface area contributed by atoms with Crippen molar-refractivity contribution in [2.45, 2.75) is 31.8 Å². The molecule has 4 fully saturated rings. The topological polar surface area (TPSA) is 66.9 Å². The van der Waals surface area contributed by atoms with Crippen molar-refractivity contribution in [1.29, 1.82) is 0 Å². The molecule has 1 aromatic carbocycles. The molecule has 1 N–H and O–H groups in total. The number of rotatable bonds is 5. The third-order valence-electron chi connectivity index (χ3n) is 6.61. The van der Waals surface area contributed by atoms with Crippen molar-refractivity contribution in [3.05, 3.63) is 35.9 Å².